The minimum Gasteiger partial charge on any atom is -0.494 e. The largest absolute Gasteiger partial charge is 0.494 e. The van der Waals surface area contributed by atoms with Crippen LogP contribution in [0.5, 0.6) is 5.75 Å². The average molecular weight is 292 g/mol. The first-order valence-corrected chi connectivity index (χ1v) is 6.89. The zero-order valence-corrected chi connectivity index (χ0v) is 11.9. The molecule has 1 aromatic carbocycles. The van der Waals surface area contributed by atoms with Crippen LogP contribution in [0.25, 0.3) is 0 Å². The van der Waals surface area contributed by atoms with Crippen LogP contribution in [-0.4, -0.2) is 47.5 Å². The van der Waals surface area contributed by atoms with E-state index >= 15 is 0 Å². The van der Waals surface area contributed by atoms with Gasteiger partial charge in [-0.05, 0) is 43.5 Å². The first-order valence-electron chi connectivity index (χ1n) is 6.89. The first kappa shape index (κ1) is 16.8. The van der Waals surface area contributed by atoms with Crippen LogP contribution < -0.4 is 4.74 Å². The number of rotatable bonds is 9. The van der Waals surface area contributed by atoms with E-state index in [1.165, 1.54) is 4.90 Å². The molecular formula is C15H20N2O4. The number of ether oxygens (including phenoxy) is 1. The molecule has 0 atom stereocenters. The summed E-state index contributed by atoms with van der Waals surface area (Å²) in [6.45, 7) is 1.31. The molecule has 1 aromatic rings. The summed E-state index contributed by atoms with van der Waals surface area (Å²) >= 11 is 0. The summed E-state index contributed by atoms with van der Waals surface area (Å²) in [5.41, 5.74) is 0.572. The fourth-order valence-electron chi connectivity index (χ4n) is 1.79. The van der Waals surface area contributed by atoms with E-state index in [1.54, 1.807) is 24.3 Å². The number of carbonyl (C=O) groups is 1. The van der Waals surface area contributed by atoms with Crippen molar-refractivity contribution >= 4 is 6.09 Å². The maximum atomic E-state index is 11.0. The van der Waals surface area contributed by atoms with Gasteiger partial charge in [-0.25, -0.2) is 4.79 Å². The van der Waals surface area contributed by atoms with Crippen molar-refractivity contribution in [1.82, 2.24) is 4.90 Å². The number of amides is 1. The molecule has 0 aromatic heterocycles. The zero-order valence-electron chi connectivity index (χ0n) is 11.9. The highest BCUT2D eigenvalue weighted by molar-refractivity contribution is 5.64. The molecule has 2 N–H and O–H groups in total. The van der Waals surface area contributed by atoms with Crippen LogP contribution in [0.2, 0.25) is 0 Å². The van der Waals surface area contributed by atoms with Crippen molar-refractivity contribution in [3.8, 4) is 11.8 Å². The molecule has 0 bridgehead atoms. The molecule has 21 heavy (non-hydrogen) atoms. The SMILES string of the molecule is N#Cc1ccc(OCCCN(CCCCO)C(=O)O)cc1. The summed E-state index contributed by atoms with van der Waals surface area (Å²) in [5, 5.41) is 26.4. The van der Waals surface area contributed by atoms with Crippen molar-refractivity contribution in [3.05, 3.63) is 29.8 Å². The fraction of sp³-hybridized carbons (Fsp3) is 0.467. The number of benzene rings is 1. The molecule has 0 saturated carbocycles. The van der Waals surface area contributed by atoms with Crippen LogP contribution in [0.3, 0.4) is 0 Å². The van der Waals surface area contributed by atoms with Gasteiger partial charge in [0.2, 0.25) is 0 Å². The molecule has 0 aliphatic rings. The summed E-state index contributed by atoms with van der Waals surface area (Å²) < 4.78 is 5.49. The van der Waals surface area contributed by atoms with Gasteiger partial charge in [0.15, 0.2) is 0 Å². The predicted molar refractivity (Wildman–Crippen MR) is 77.2 cm³/mol. The van der Waals surface area contributed by atoms with Gasteiger partial charge < -0.3 is 19.8 Å². The van der Waals surface area contributed by atoms with E-state index in [9.17, 15) is 4.79 Å². The monoisotopic (exact) mass is 292 g/mol. The molecule has 0 radical (unpaired) electrons. The van der Waals surface area contributed by atoms with Gasteiger partial charge in [0, 0.05) is 19.7 Å². The normalized spacial score (nSPS) is 9.90. The summed E-state index contributed by atoms with van der Waals surface area (Å²) in [6.07, 6.45) is 0.891. The van der Waals surface area contributed by atoms with Gasteiger partial charge in [-0.3, -0.25) is 0 Å². The van der Waals surface area contributed by atoms with Crippen molar-refractivity contribution < 1.29 is 19.7 Å². The molecule has 0 aliphatic heterocycles. The van der Waals surface area contributed by atoms with Crippen molar-refractivity contribution in [2.45, 2.75) is 19.3 Å². The molecule has 6 heteroatoms. The van der Waals surface area contributed by atoms with E-state index < -0.39 is 6.09 Å². The van der Waals surface area contributed by atoms with Gasteiger partial charge in [0.05, 0.1) is 18.2 Å². The highest BCUT2D eigenvalue weighted by Gasteiger charge is 2.10. The van der Waals surface area contributed by atoms with E-state index in [2.05, 4.69) is 0 Å². The van der Waals surface area contributed by atoms with Crippen molar-refractivity contribution in [2.24, 2.45) is 0 Å². The van der Waals surface area contributed by atoms with Gasteiger partial charge in [-0.2, -0.15) is 5.26 Å². The van der Waals surface area contributed by atoms with Crippen molar-refractivity contribution in [2.75, 3.05) is 26.3 Å². The second-order valence-corrected chi connectivity index (χ2v) is 4.54. The lowest BCUT2D eigenvalue weighted by molar-refractivity contribution is 0.139. The molecule has 0 saturated heterocycles. The number of hydrogen-bond donors (Lipinski definition) is 2. The number of carboxylic acid groups (broad SMARTS) is 1. The maximum absolute atomic E-state index is 11.0. The minimum atomic E-state index is -0.952. The highest BCUT2D eigenvalue weighted by atomic mass is 16.5. The molecule has 0 spiro atoms. The third-order valence-electron chi connectivity index (χ3n) is 2.93. The molecule has 1 rings (SSSR count). The lowest BCUT2D eigenvalue weighted by atomic mass is 10.2. The van der Waals surface area contributed by atoms with Gasteiger partial charge in [-0.15, -0.1) is 0 Å². The van der Waals surface area contributed by atoms with Gasteiger partial charge in [-0.1, -0.05) is 0 Å². The Balaban J connectivity index is 2.26. The molecule has 0 unspecified atom stereocenters. The highest BCUT2D eigenvalue weighted by Crippen LogP contribution is 2.11. The number of hydrogen-bond acceptors (Lipinski definition) is 4. The lowest BCUT2D eigenvalue weighted by Gasteiger charge is -2.18. The van der Waals surface area contributed by atoms with Crippen LogP contribution in [0.1, 0.15) is 24.8 Å². The van der Waals surface area contributed by atoms with Crippen LogP contribution in [0, 0.1) is 11.3 Å². The molecule has 114 valence electrons. The Morgan fingerprint density at radius 1 is 1.19 bits per heavy atom. The summed E-state index contributed by atoms with van der Waals surface area (Å²) in [6, 6.07) is 8.81. The van der Waals surface area contributed by atoms with E-state index in [1.807, 2.05) is 6.07 Å². The Hall–Kier alpha value is -2.26. The fourth-order valence-corrected chi connectivity index (χ4v) is 1.79. The molecule has 0 heterocycles. The summed E-state index contributed by atoms with van der Waals surface area (Å²) in [5.74, 6) is 0.663. The molecule has 1 amide bonds. The lowest BCUT2D eigenvalue weighted by Crippen LogP contribution is -2.32. The van der Waals surface area contributed by atoms with Gasteiger partial charge in [0.1, 0.15) is 5.75 Å². The van der Waals surface area contributed by atoms with Gasteiger partial charge >= 0.3 is 6.09 Å². The average Bonchev–Trinajstić information content (AvgIpc) is 2.50. The first-order chi connectivity index (χ1) is 10.2. The number of aliphatic hydroxyl groups is 1. The van der Waals surface area contributed by atoms with Crippen LogP contribution in [-0.2, 0) is 0 Å². The third kappa shape index (κ3) is 6.63. The molecule has 0 aliphatic carbocycles. The summed E-state index contributed by atoms with van der Waals surface area (Å²) in [4.78, 5) is 12.4. The molecule has 6 nitrogen and oxygen atoms in total. The van der Waals surface area contributed by atoms with E-state index in [0.29, 0.717) is 50.3 Å². The molecular weight excluding hydrogens is 272 g/mol. The quantitative estimate of drug-likeness (QED) is 0.680. The number of nitrogens with zero attached hydrogens (tertiary/aromatic N) is 2. The number of unbranched alkanes of at least 4 members (excludes halogenated alkanes) is 1. The van der Waals surface area contributed by atoms with E-state index in [0.717, 1.165) is 0 Å². The van der Waals surface area contributed by atoms with Crippen molar-refractivity contribution in [3.63, 3.8) is 0 Å². The second kappa shape index (κ2) is 9.61. The Morgan fingerprint density at radius 3 is 2.43 bits per heavy atom. The Labute approximate surface area is 124 Å². The van der Waals surface area contributed by atoms with Crippen LogP contribution in [0.15, 0.2) is 24.3 Å². The summed E-state index contributed by atoms with van der Waals surface area (Å²) in [7, 11) is 0. The molecule has 0 fully saturated rings. The second-order valence-electron chi connectivity index (χ2n) is 4.54. The number of nitriles is 1. The van der Waals surface area contributed by atoms with E-state index in [4.69, 9.17) is 20.2 Å². The van der Waals surface area contributed by atoms with Gasteiger partial charge in [0.25, 0.3) is 0 Å². The standard InChI is InChI=1S/C15H20N2O4/c16-12-13-4-6-14(7-5-13)21-11-3-9-17(15(19)20)8-1-2-10-18/h4-7,18H,1-3,8-11H2,(H,19,20). The Kier molecular flexibility index (Phi) is 7.69. The smallest absolute Gasteiger partial charge is 0.407 e. The minimum absolute atomic E-state index is 0.0786. The Morgan fingerprint density at radius 2 is 1.86 bits per heavy atom. The zero-order chi connectivity index (χ0) is 15.5. The number of aliphatic hydroxyl groups excluding tert-OH is 1. The van der Waals surface area contributed by atoms with Crippen LogP contribution >= 0.6 is 0 Å². The van der Waals surface area contributed by atoms with Crippen LogP contribution in [0.4, 0.5) is 4.79 Å². The predicted octanol–water partition coefficient (Wildman–Crippen LogP) is 2.08. The van der Waals surface area contributed by atoms with E-state index in [-0.39, 0.29) is 6.61 Å². The Bertz CT molecular complexity index is 468. The topological polar surface area (TPSA) is 93.8 Å². The maximum Gasteiger partial charge on any atom is 0.407 e. The van der Waals surface area contributed by atoms with Crippen molar-refractivity contribution in [1.29, 1.82) is 5.26 Å². The third-order valence-corrected chi connectivity index (χ3v) is 2.93.